The molecule has 2 aliphatic rings. The minimum absolute atomic E-state index is 0.475. The summed E-state index contributed by atoms with van der Waals surface area (Å²) in [5, 5.41) is 0. The normalized spacial score (nSPS) is 29.7. The van der Waals surface area contributed by atoms with E-state index < -0.39 is 0 Å². The van der Waals surface area contributed by atoms with Crippen LogP contribution in [0.15, 0.2) is 12.7 Å². The maximum atomic E-state index is 4.29. The van der Waals surface area contributed by atoms with Crippen LogP contribution in [0, 0.1) is 51.8 Å². The monoisotopic (exact) mass is 557 g/mol. The fourth-order valence-corrected chi connectivity index (χ4v) is 10.4. The molecule has 0 spiro atoms. The minimum atomic E-state index is 0.475. The maximum Gasteiger partial charge on any atom is -0.0142 e. The zero-order valence-electron chi connectivity index (χ0n) is 29.4. The molecule has 0 aromatic carbocycles. The average Bonchev–Trinajstić information content (AvgIpc) is 3.72. The Balaban J connectivity index is 1.77. The number of fused-ring (bicyclic) bond motifs is 1. The molecule has 0 heterocycles. The van der Waals surface area contributed by atoms with E-state index in [0.717, 1.165) is 35.5 Å². The van der Waals surface area contributed by atoms with Gasteiger partial charge >= 0.3 is 0 Å². The molecule has 2 fully saturated rings. The van der Waals surface area contributed by atoms with Crippen molar-refractivity contribution in [2.45, 2.75) is 191 Å². The Morgan fingerprint density at radius 1 is 0.675 bits per heavy atom. The van der Waals surface area contributed by atoms with Crippen LogP contribution in [0.5, 0.6) is 0 Å². The predicted octanol–water partition coefficient (Wildman–Crippen LogP) is 13.8. The van der Waals surface area contributed by atoms with Gasteiger partial charge < -0.3 is 0 Å². The van der Waals surface area contributed by atoms with Gasteiger partial charge in [0.25, 0.3) is 0 Å². The van der Waals surface area contributed by atoms with Gasteiger partial charge in [-0.25, -0.2) is 0 Å². The van der Waals surface area contributed by atoms with Gasteiger partial charge in [0.15, 0.2) is 0 Å². The van der Waals surface area contributed by atoms with Crippen molar-refractivity contribution in [2.75, 3.05) is 0 Å². The summed E-state index contributed by atoms with van der Waals surface area (Å²) in [5.74, 6) is 5.43. The van der Waals surface area contributed by atoms with Crippen molar-refractivity contribution in [3.8, 4) is 0 Å². The van der Waals surface area contributed by atoms with Crippen LogP contribution < -0.4 is 0 Å². The fourth-order valence-electron chi connectivity index (χ4n) is 10.4. The third-order valence-corrected chi connectivity index (χ3v) is 13.3. The Morgan fingerprint density at radius 2 is 1.18 bits per heavy atom. The van der Waals surface area contributed by atoms with E-state index in [1.807, 2.05) is 0 Å². The van der Waals surface area contributed by atoms with E-state index in [2.05, 4.69) is 75.0 Å². The van der Waals surface area contributed by atoms with Crippen LogP contribution in [0.1, 0.15) is 191 Å². The molecular formula is C40H76. The summed E-state index contributed by atoms with van der Waals surface area (Å²) >= 11 is 0. The molecule has 0 nitrogen and oxygen atoms in total. The summed E-state index contributed by atoms with van der Waals surface area (Å²) in [6.45, 7) is 27.0. The molecule has 0 amide bonds. The van der Waals surface area contributed by atoms with Crippen LogP contribution >= 0.6 is 0 Å². The summed E-state index contributed by atoms with van der Waals surface area (Å²) in [6, 6.07) is 0. The molecule has 2 rings (SSSR count). The molecule has 40 heavy (non-hydrogen) atoms. The smallest absolute Gasteiger partial charge is 0.0142 e. The van der Waals surface area contributed by atoms with E-state index in [4.69, 9.17) is 0 Å². The molecule has 2 aliphatic carbocycles. The maximum absolute atomic E-state index is 4.29. The molecule has 9 atom stereocenters. The molecule has 0 N–H and O–H groups in total. The second kappa shape index (κ2) is 17.1. The second-order valence-electron chi connectivity index (χ2n) is 15.7. The summed E-state index contributed by atoms with van der Waals surface area (Å²) < 4.78 is 0. The highest BCUT2D eigenvalue weighted by atomic mass is 15.0. The highest BCUT2D eigenvalue weighted by Gasteiger charge is 2.96. The third-order valence-electron chi connectivity index (χ3n) is 13.3. The second-order valence-corrected chi connectivity index (χ2v) is 15.7. The van der Waals surface area contributed by atoms with Crippen molar-refractivity contribution < 1.29 is 0 Å². The number of hydrogen-bond acceptors (Lipinski definition) is 0. The number of hydrogen-bond donors (Lipinski definition) is 0. The van der Waals surface area contributed by atoms with Gasteiger partial charge in [0.1, 0.15) is 0 Å². The molecule has 9 unspecified atom stereocenters. The first-order chi connectivity index (χ1) is 19.1. The molecule has 0 aromatic heterocycles. The van der Waals surface area contributed by atoms with Crippen molar-refractivity contribution in [3.63, 3.8) is 0 Å². The standard InChI is InChI=1S/C40H76/c1-11-15-17-19-24-28-35(8)40-36(9)38(40,10)37(40)39(14-4,31-13-3)34(7)27-23-21-18-20-22-26-33(6)30-29-32(5)25-16-12-2/h13,32-37H,3,11-12,14-31H2,1-2,4-10H3. The lowest BCUT2D eigenvalue weighted by Gasteiger charge is -2.45. The highest BCUT2D eigenvalue weighted by Crippen LogP contribution is 3.00. The lowest BCUT2D eigenvalue weighted by atomic mass is 9.59. The van der Waals surface area contributed by atoms with E-state index >= 15 is 0 Å². The van der Waals surface area contributed by atoms with Crippen molar-refractivity contribution in [2.24, 2.45) is 51.8 Å². The first-order valence-electron chi connectivity index (χ1n) is 18.8. The molecule has 0 radical (unpaired) electrons. The molecule has 0 aliphatic heterocycles. The van der Waals surface area contributed by atoms with Crippen LogP contribution in [0.2, 0.25) is 0 Å². The van der Waals surface area contributed by atoms with Crippen LogP contribution in [-0.2, 0) is 0 Å². The lowest BCUT2D eigenvalue weighted by molar-refractivity contribution is 0.0398. The van der Waals surface area contributed by atoms with Gasteiger partial charge in [0.2, 0.25) is 0 Å². The van der Waals surface area contributed by atoms with Crippen molar-refractivity contribution in [1.82, 2.24) is 0 Å². The molecular weight excluding hydrogens is 480 g/mol. The van der Waals surface area contributed by atoms with E-state index in [0.29, 0.717) is 16.2 Å². The van der Waals surface area contributed by atoms with Gasteiger partial charge in [-0.1, -0.05) is 184 Å². The van der Waals surface area contributed by atoms with Gasteiger partial charge in [0, 0.05) is 0 Å². The topological polar surface area (TPSA) is 0 Å². The average molecular weight is 557 g/mol. The van der Waals surface area contributed by atoms with Gasteiger partial charge in [0.05, 0.1) is 0 Å². The number of allylic oxidation sites excluding steroid dienone is 1. The lowest BCUT2D eigenvalue weighted by Crippen LogP contribution is -2.38. The Hall–Kier alpha value is -0.260. The van der Waals surface area contributed by atoms with Gasteiger partial charge in [-0.2, -0.15) is 0 Å². The van der Waals surface area contributed by atoms with E-state index in [1.165, 1.54) is 128 Å². The fraction of sp³-hybridized carbons (Fsp3) is 0.950. The zero-order valence-corrected chi connectivity index (χ0v) is 29.4. The first kappa shape index (κ1) is 35.9. The Morgan fingerprint density at radius 3 is 1.70 bits per heavy atom. The summed E-state index contributed by atoms with van der Waals surface area (Å²) in [4.78, 5) is 0. The first-order valence-corrected chi connectivity index (χ1v) is 18.8. The number of rotatable bonds is 26. The molecule has 0 aromatic rings. The highest BCUT2D eigenvalue weighted by molar-refractivity contribution is 5.42. The van der Waals surface area contributed by atoms with Crippen LogP contribution in [0.25, 0.3) is 0 Å². The zero-order chi connectivity index (χ0) is 29.8. The van der Waals surface area contributed by atoms with Crippen molar-refractivity contribution in [1.29, 1.82) is 0 Å². The number of unbranched alkanes of at least 4 members (excludes halogenated alkanes) is 9. The summed E-state index contributed by atoms with van der Waals surface area (Å²) in [6.07, 6.45) is 30.6. The minimum Gasteiger partial charge on any atom is -0.103 e. The van der Waals surface area contributed by atoms with Crippen molar-refractivity contribution in [3.05, 3.63) is 12.7 Å². The third kappa shape index (κ3) is 8.01. The summed E-state index contributed by atoms with van der Waals surface area (Å²) in [5.41, 5.74) is 1.71. The Bertz CT molecular complexity index is 692. The predicted molar refractivity (Wildman–Crippen MR) is 182 cm³/mol. The largest absolute Gasteiger partial charge is 0.103 e. The molecule has 0 heteroatoms. The molecule has 236 valence electrons. The van der Waals surface area contributed by atoms with Gasteiger partial charge in [-0.15, -0.1) is 6.58 Å². The van der Waals surface area contributed by atoms with Gasteiger partial charge in [-0.3, -0.25) is 0 Å². The molecule has 0 saturated heterocycles. The van der Waals surface area contributed by atoms with Crippen molar-refractivity contribution >= 4 is 0 Å². The van der Waals surface area contributed by atoms with E-state index in [9.17, 15) is 0 Å². The van der Waals surface area contributed by atoms with E-state index in [-0.39, 0.29) is 0 Å². The van der Waals surface area contributed by atoms with Crippen LogP contribution in [-0.4, -0.2) is 0 Å². The van der Waals surface area contributed by atoms with Crippen LogP contribution in [0.3, 0.4) is 0 Å². The van der Waals surface area contributed by atoms with E-state index in [1.54, 1.807) is 0 Å². The quantitative estimate of drug-likeness (QED) is 0.0734. The summed E-state index contributed by atoms with van der Waals surface area (Å²) in [7, 11) is 0. The Kier molecular flexibility index (Phi) is 15.4. The van der Waals surface area contributed by atoms with Gasteiger partial charge in [-0.05, 0) is 64.6 Å². The van der Waals surface area contributed by atoms with Crippen LogP contribution in [0.4, 0.5) is 0 Å². The Labute approximate surface area is 254 Å². The SMILES string of the molecule is C=CCC(CC)(C(C)CCCCCCCC(C)CCC(C)CCCC)C1C2(C)C(C)C12C(C)CCCCCCC. The molecule has 0 bridgehead atoms. The molecule has 2 saturated carbocycles.